The fraction of sp³-hybridized carbons (Fsp3) is 0.375. The second kappa shape index (κ2) is 6.55. The van der Waals surface area contributed by atoms with E-state index in [1.165, 1.54) is 7.11 Å². The minimum atomic E-state index is -4.60. The van der Waals surface area contributed by atoms with Crippen LogP contribution in [0.1, 0.15) is 22.6 Å². The van der Waals surface area contributed by atoms with Crippen LogP contribution in [0.3, 0.4) is 0 Å². The highest BCUT2D eigenvalue weighted by Crippen LogP contribution is 2.28. The third-order valence-corrected chi connectivity index (χ3v) is 4.00. The Balaban J connectivity index is 1.78. The summed E-state index contributed by atoms with van der Waals surface area (Å²) in [5.41, 5.74) is 0.722. The highest BCUT2D eigenvalue weighted by Gasteiger charge is 2.35. The summed E-state index contributed by atoms with van der Waals surface area (Å²) in [5, 5.41) is 0. The molecule has 1 aromatic carbocycles. The first-order chi connectivity index (χ1) is 11.8. The van der Waals surface area contributed by atoms with Gasteiger partial charge in [-0.3, -0.25) is 4.90 Å². The number of hydrogen-bond acceptors (Lipinski definition) is 4. The number of benzene rings is 1. The molecule has 0 amide bonds. The molecule has 0 atom stereocenters. The fourth-order valence-corrected chi connectivity index (χ4v) is 2.72. The molecule has 0 N–H and O–H groups in total. The van der Waals surface area contributed by atoms with E-state index in [0.29, 0.717) is 17.8 Å². The molecule has 1 aliphatic rings. The molecule has 0 bridgehead atoms. The van der Waals surface area contributed by atoms with Crippen molar-refractivity contribution in [3.8, 4) is 5.75 Å². The summed E-state index contributed by atoms with van der Waals surface area (Å²) in [6, 6.07) is 2.18. The van der Waals surface area contributed by atoms with E-state index in [1.54, 1.807) is 4.90 Å². The lowest BCUT2D eigenvalue weighted by Crippen LogP contribution is -2.32. The molecule has 0 saturated heterocycles. The number of methoxy groups -OCH3 is 1. The molecule has 134 valence electrons. The smallest absolute Gasteiger partial charge is 0.451 e. The van der Waals surface area contributed by atoms with Gasteiger partial charge >= 0.3 is 6.18 Å². The van der Waals surface area contributed by atoms with E-state index in [0.717, 1.165) is 18.3 Å². The SMILES string of the molecule is COc1cc(F)c(CN2CCc3nc(C(F)(F)F)ncc3C2)c(F)c1. The quantitative estimate of drug-likeness (QED) is 0.788. The van der Waals surface area contributed by atoms with Crippen LogP contribution in [-0.2, 0) is 25.7 Å². The molecule has 0 spiro atoms. The molecule has 2 aromatic rings. The maximum atomic E-state index is 14.0. The molecular formula is C16H14F5N3O. The maximum absolute atomic E-state index is 14.0. The second-order valence-corrected chi connectivity index (χ2v) is 5.69. The molecule has 1 aliphatic heterocycles. The fourth-order valence-electron chi connectivity index (χ4n) is 2.72. The van der Waals surface area contributed by atoms with Gasteiger partial charge in [-0.25, -0.2) is 18.7 Å². The van der Waals surface area contributed by atoms with E-state index < -0.39 is 23.6 Å². The monoisotopic (exact) mass is 359 g/mol. The van der Waals surface area contributed by atoms with E-state index in [1.807, 2.05) is 0 Å². The Morgan fingerprint density at radius 3 is 2.48 bits per heavy atom. The zero-order valence-corrected chi connectivity index (χ0v) is 13.2. The van der Waals surface area contributed by atoms with Crippen molar-refractivity contribution < 1.29 is 26.7 Å². The van der Waals surface area contributed by atoms with Crippen LogP contribution in [0.2, 0.25) is 0 Å². The van der Waals surface area contributed by atoms with Gasteiger partial charge in [0.25, 0.3) is 0 Å². The van der Waals surface area contributed by atoms with Crippen LogP contribution in [0.15, 0.2) is 18.3 Å². The molecule has 2 heterocycles. The molecule has 3 rings (SSSR count). The van der Waals surface area contributed by atoms with Crippen molar-refractivity contribution in [1.29, 1.82) is 0 Å². The van der Waals surface area contributed by atoms with Gasteiger partial charge in [-0.2, -0.15) is 13.2 Å². The molecule has 0 saturated carbocycles. The van der Waals surface area contributed by atoms with E-state index >= 15 is 0 Å². The van der Waals surface area contributed by atoms with Crippen LogP contribution in [0.4, 0.5) is 22.0 Å². The van der Waals surface area contributed by atoms with Crippen LogP contribution in [0, 0.1) is 11.6 Å². The third kappa shape index (κ3) is 3.71. The van der Waals surface area contributed by atoms with Crippen molar-refractivity contribution in [1.82, 2.24) is 14.9 Å². The molecule has 25 heavy (non-hydrogen) atoms. The molecule has 0 fully saturated rings. The number of nitrogens with zero attached hydrogens (tertiary/aromatic N) is 3. The topological polar surface area (TPSA) is 38.2 Å². The summed E-state index contributed by atoms with van der Waals surface area (Å²) in [5.74, 6) is -2.56. The van der Waals surface area contributed by atoms with Gasteiger partial charge < -0.3 is 4.74 Å². The molecule has 0 aliphatic carbocycles. The Kier molecular flexibility index (Phi) is 4.59. The Hall–Kier alpha value is -2.29. The first-order valence-corrected chi connectivity index (χ1v) is 7.44. The van der Waals surface area contributed by atoms with Crippen LogP contribution in [0.5, 0.6) is 5.75 Å². The lowest BCUT2D eigenvalue weighted by atomic mass is 10.1. The van der Waals surface area contributed by atoms with Gasteiger partial charge in [0.15, 0.2) is 0 Å². The lowest BCUT2D eigenvalue weighted by Gasteiger charge is -2.28. The van der Waals surface area contributed by atoms with E-state index in [9.17, 15) is 22.0 Å². The lowest BCUT2D eigenvalue weighted by molar-refractivity contribution is -0.145. The van der Waals surface area contributed by atoms with Gasteiger partial charge in [-0.05, 0) is 0 Å². The molecule has 9 heteroatoms. The van der Waals surface area contributed by atoms with E-state index in [4.69, 9.17) is 4.74 Å². The van der Waals surface area contributed by atoms with Crippen molar-refractivity contribution in [2.45, 2.75) is 25.7 Å². The Labute approximate surface area is 140 Å². The van der Waals surface area contributed by atoms with Gasteiger partial charge in [0.2, 0.25) is 5.82 Å². The standard InChI is InChI=1S/C16H14F5N3O/c1-25-10-4-12(17)11(13(18)5-10)8-24-3-2-14-9(7-24)6-22-15(23-14)16(19,20)21/h4-6H,2-3,7-8H2,1H3. The Morgan fingerprint density at radius 2 is 1.88 bits per heavy atom. The number of alkyl halides is 3. The summed E-state index contributed by atoms with van der Waals surface area (Å²) in [6.45, 7) is 0.548. The predicted octanol–water partition coefficient (Wildman–Crippen LogP) is 3.34. The number of aromatic nitrogens is 2. The van der Waals surface area contributed by atoms with Gasteiger partial charge in [0.05, 0.1) is 12.8 Å². The van der Waals surface area contributed by atoms with Crippen molar-refractivity contribution in [2.75, 3.05) is 13.7 Å². The van der Waals surface area contributed by atoms with Crippen molar-refractivity contribution >= 4 is 0 Å². The number of halogens is 5. The number of hydrogen-bond donors (Lipinski definition) is 0. The summed E-state index contributed by atoms with van der Waals surface area (Å²) in [6.07, 6.45) is -3.22. The number of fused-ring (bicyclic) bond motifs is 1. The van der Waals surface area contributed by atoms with E-state index in [2.05, 4.69) is 9.97 Å². The highest BCUT2D eigenvalue weighted by atomic mass is 19.4. The largest absolute Gasteiger partial charge is 0.497 e. The van der Waals surface area contributed by atoms with Crippen molar-refractivity contribution in [3.05, 3.63) is 52.6 Å². The number of rotatable bonds is 3. The van der Waals surface area contributed by atoms with Gasteiger partial charge in [0.1, 0.15) is 17.4 Å². The summed E-state index contributed by atoms with van der Waals surface area (Å²) < 4.78 is 70.8. The minimum absolute atomic E-state index is 0.0118. The van der Waals surface area contributed by atoms with Gasteiger partial charge in [-0.1, -0.05) is 0 Å². The van der Waals surface area contributed by atoms with Crippen LogP contribution in [0.25, 0.3) is 0 Å². The number of ether oxygens (including phenoxy) is 1. The zero-order chi connectivity index (χ0) is 18.2. The summed E-state index contributed by atoms with van der Waals surface area (Å²) >= 11 is 0. The average Bonchev–Trinajstić information content (AvgIpc) is 2.56. The normalized spacial score (nSPS) is 15.1. The average molecular weight is 359 g/mol. The molecule has 1 aromatic heterocycles. The second-order valence-electron chi connectivity index (χ2n) is 5.69. The Bertz CT molecular complexity index is 771. The maximum Gasteiger partial charge on any atom is 0.451 e. The summed E-state index contributed by atoms with van der Waals surface area (Å²) in [4.78, 5) is 8.62. The molecule has 0 radical (unpaired) electrons. The van der Waals surface area contributed by atoms with Crippen LogP contribution >= 0.6 is 0 Å². The minimum Gasteiger partial charge on any atom is -0.497 e. The van der Waals surface area contributed by atoms with Crippen molar-refractivity contribution in [2.24, 2.45) is 0 Å². The predicted molar refractivity (Wildman–Crippen MR) is 77.8 cm³/mol. The first kappa shape index (κ1) is 17.5. The molecular weight excluding hydrogens is 345 g/mol. The Morgan fingerprint density at radius 1 is 1.20 bits per heavy atom. The van der Waals surface area contributed by atoms with Crippen LogP contribution in [-0.4, -0.2) is 28.5 Å². The van der Waals surface area contributed by atoms with Gasteiger partial charge in [0, 0.05) is 55.5 Å². The molecule has 0 unspecified atom stereocenters. The molecule has 4 nitrogen and oxygen atoms in total. The van der Waals surface area contributed by atoms with Gasteiger partial charge in [-0.15, -0.1) is 0 Å². The highest BCUT2D eigenvalue weighted by molar-refractivity contribution is 5.31. The third-order valence-electron chi connectivity index (χ3n) is 4.00. The van der Waals surface area contributed by atoms with E-state index in [-0.39, 0.29) is 30.8 Å². The first-order valence-electron chi connectivity index (χ1n) is 7.44. The zero-order valence-electron chi connectivity index (χ0n) is 13.2. The van der Waals surface area contributed by atoms with Crippen molar-refractivity contribution in [3.63, 3.8) is 0 Å². The summed E-state index contributed by atoms with van der Waals surface area (Å²) in [7, 11) is 1.31. The van der Waals surface area contributed by atoms with Crippen LogP contribution < -0.4 is 4.74 Å².